The maximum absolute atomic E-state index is 12.5. The topological polar surface area (TPSA) is 73.8 Å². The van der Waals surface area contributed by atoms with E-state index in [-0.39, 0.29) is 11.6 Å². The fourth-order valence-electron chi connectivity index (χ4n) is 3.95. The number of nitrogens with zero attached hydrogens (tertiary/aromatic N) is 4. The number of carbonyl (C=O) groups excluding carboxylic acids is 1. The van der Waals surface area contributed by atoms with Crippen LogP contribution in [-0.4, -0.2) is 24.8 Å². The molecule has 0 atom stereocenters. The minimum Gasteiger partial charge on any atom is -0.326 e. The monoisotopic (exact) mass is 367 g/mol. The van der Waals surface area contributed by atoms with Gasteiger partial charge in [-0.3, -0.25) is 18.6 Å². The number of nitrogens with one attached hydrogen (secondary N) is 1. The van der Waals surface area contributed by atoms with Gasteiger partial charge in [0.1, 0.15) is 0 Å². The van der Waals surface area contributed by atoms with Crippen molar-refractivity contribution in [2.24, 2.45) is 14.1 Å². The summed E-state index contributed by atoms with van der Waals surface area (Å²) in [5, 5.41) is 7.45. The van der Waals surface area contributed by atoms with Gasteiger partial charge in [0.15, 0.2) is 0 Å². The number of anilines is 1. The van der Waals surface area contributed by atoms with Crippen molar-refractivity contribution in [1.82, 2.24) is 18.9 Å². The molecule has 27 heavy (non-hydrogen) atoms. The minimum absolute atomic E-state index is 0.0431. The number of imidazole rings is 1. The fraction of sp³-hybridized carbons (Fsp3) is 0.450. The van der Waals surface area contributed by atoms with E-state index in [1.165, 1.54) is 24.1 Å². The Morgan fingerprint density at radius 2 is 1.85 bits per heavy atom. The maximum Gasteiger partial charge on any atom is 0.328 e. The first kappa shape index (κ1) is 17.6. The zero-order valence-electron chi connectivity index (χ0n) is 16.1. The largest absolute Gasteiger partial charge is 0.328 e. The summed E-state index contributed by atoms with van der Waals surface area (Å²) < 4.78 is 5.19. The Balaban J connectivity index is 1.50. The van der Waals surface area contributed by atoms with Gasteiger partial charge in [0, 0.05) is 38.4 Å². The summed E-state index contributed by atoms with van der Waals surface area (Å²) in [7, 11) is 3.50. The van der Waals surface area contributed by atoms with Crippen LogP contribution >= 0.6 is 0 Å². The SMILES string of the molecule is Cc1cc2c(cc1NC(=O)CCn1ncc3c1CCCC3)n(C)c(=O)n2C. The molecule has 1 aliphatic carbocycles. The van der Waals surface area contributed by atoms with Crippen LogP contribution in [0.4, 0.5) is 5.69 Å². The number of hydrogen-bond donors (Lipinski definition) is 1. The molecule has 0 fully saturated rings. The number of carbonyl (C=O) groups is 1. The molecule has 0 spiro atoms. The number of aryl methyl sites for hydroxylation is 5. The lowest BCUT2D eigenvalue weighted by molar-refractivity contribution is -0.116. The number of hydrogen-bond acceptors (Lipinski definition) is 3. The van der Waals surface area contributed by atoms with E-state index in [2.05, 4.69) is 10.4 Å². The summed E-state index contributed by atoms with van der Waals surface area (Å²) in [6.45, 7) is 2.53. The van der Waals surface area contributed by atoms with Crippen molar-refractivity contribution in [2.45, 2.75) is 45.6 Å². The van der Waals surface area contributed by atoms with Crippen molar-refractivity contribution in [2.75, 3.05) is 5.32 Å². The standard InChI is InChI=1S/C20H25N5O2/c1-13-10-17-18(24(3)20(27)23(17)2)11-15(13)22-19(26)8-9-25-16-7-5-4-6-14(16)12-21-25/h10-12H,4-9H2,1-3H3,(H,22,26). The highest BCUT2D eigenvalue weighted by Crippen LogP contribution is 2.23. The van der Waals surface area contributed by atoms with E-state index in [1.807, 2.05) is 29.9 Å². The van der Waals surface area contributed by atoms with Gasteiger partial charge in [-0.2, -0.15) is 5.10 Å². The molecular weight excluding hydrogens is 342 g/mol. The smallest absolute Gasteiger partial charge is 0.326 e. The van der Waals surface area contributed by atoms with Crippen LogP contribution in [0.2, 0.25) is 0 Å². The highest BCUT2D eigenvalue weighted by molar-refractivity contribution is 5.94. The molecule has 7 heteroatoms. The van der Waals surface area contributed by atoms with Gasteiger partial charge in [0.05, 0.1) is 17.2 Å². The van der Waals surface area contributed by atoms with E-state index in [0.717, 1.165) is 35.1 Å². The quantitative estimate of drug-likeness (QED) is 0.769. The van der Waals surface area contributed by atoms with Crippen molar-refractivity contribution < 1.29 is 4.79 Å². The van der Waals surface area contributed by atoms with Gasteiger partial charge in [-0.1, -0.05) is 0 Å². The number of benzene rings is 1. The summed E-state index contributed by atoms with van der Waals surface area (Å²) in [6.07, 6.45) is 6.88. The second kappa shape index (κ2) is 6.72. The molecule has 1 aromatic carbocycles. The molecule has 1 amide bonds. The first-order valence-electron chi connectivity index (χ1n) is 9.45. The van der Waals surface area contributed by atoms with Gasteiger partial charge in [-0.05, 0) is 55.9 Å². The molecule has 4 rings (SSSR count). The molecule has 0 aliphatic heterocycles. The van der Waals surface area contributed by atoms with E-state index >= 15 is 0 Å². The summed E-state index contributed by atoms with van der Waals surface area (Å²) >= 11 is 0. The predicted octanol–water partition coefficient (Wildman–Crippen LogP) is 2.29. The van der Waals surface area contributed by atoms with Gasteiger partial charge in [0.2, 0.25) is 5.91 Å². The molecule has 1 N–H and O–H groups in total. The lowest BCUT2D eigenvalue weighted by atomic mass is 9.98. The first-order chi connectivity index (χ1) is 13.0. The summed E-state index contributed by atoms with van der Waals surface area (Å²) in [5.74, 6) is -0.0431. The molecule has 7 nitrogen and oxygen atoms in total. The van der Waals surface area contributed by atoms with Gasteiger partial charge in [-0.25, -0.2) is 4.79 Å². The molecule has 2 heterocycles. The van der Waals surface area contributed by atoms with E-state index < -0.39 is 0 Å². The maximum atomic E-state index is 12.5. The molecule has 0 radical (unpaired) electrons. The van der Waals surface area contributed by atoms with Crippen LogP contribution in [0.5, 0.6) is 0 Å². The molecular formula is C20H25N5O2. The van der Waals surface area contributed by atoms with E-state index in [4.69, 9.17) is 0 Å². The molecule has 0 bridgehead atoms. The van der Waals surface area contributed by atoms with Crippen molar-refractivity contribution in [3.63, 3.8) is 0 Å². The lowest BCUT2D eigenvalue weighted by Gasteiger charge is -2.14. The summed E-state index contributed by atoms with van der Waals surface area (Å²) in [6, 6.07) is 3.82. The molecule has 0 saturated carbocycles. The Morgan fingerprint density at radius 1 is 1.15 bits per heavy atom. The van der Waals surface area contributed by atoms with Crippen molar-refractivity contribution in [3.05, 3.63) is 45.6 Å². The third-order valence-electron chi connectivity index (χ3n) is 5.59. The Hall–Kier alpha value is -2.83. The Bertz CT molecular complexity index is 1090. The van der Waals surface area contributed by atoms with E-state index in [9.17, 15) is 9.59 Å². The summed E-state index contributed by atoms with van der Waals surface area (Å²) in [4.78, 5) is 24.6. The van der Waals surface area contributed by atoms with Crippen LogP contribution in [0.25, 0.3) is 11.0 Å². The Labute approximate surface area is 157 Å². The number of amides is 1. The highest BCUT2D eigenvalue weighted by atomic mass is 16.2. The summed E-state index contributed by atoms with van der Waals surface area (Å²) in [5.41, 5.74) is 5.89. The normalized spacial score (nSPS) is 13.7. The minimum atomic E-state index is -0.0728. The van der Waals surface area contributed by atoms with Gasteiger partial charge in [-0.15, -0.1) is 0 Å². The van der Waals surface area contributed by atoms with Crippen molar-refractivity contribution in [3.8, 4) is 0 Å². The van der Waals surface area contributed by atoms with Gasteiger partial charge >= 0.3 is 5.69 Å². The molecule has 3 aromatic rings. The zero-order valence-corrected chi connectivity index (χ0v) is 16.1. The van der Waals surface area contributed by atoms with Crippen molar-refractivity contribution >= 4 is 22.6 Å². The number of rotatable bonds is 4. The van der Waals surface area contributed by atoms with Crippen molar-refractivity contribution in [1.29, 1.82) is 0 Å². The molecule has 1 aliphatic rings. The van der Waals surface area contributed by atoms with Crippen LogP contribution < -0.4 is 11.0 Å². The van der Waals surface area contributed by atoms with Crippen LogP contribution in [0.3, 0.4) is 0 Å². The van der Waals surface area contributed by atoms with Gasteiger partial charge in [0.25, 0.3) is 0 Å². The predicted molar refractivity (Wildman–Crippen MR) is 105 cm³/mol. The second-order valence-corrected chi connectivity index (χ2v) is 7.40. The van der Waals surface area contributed by atoms with Crippen LogP contribution in [0, 0.1) is 6.92 Å². The van der Waals surface area contributed by atoms with Crippen LogP contribution in [-0.2, 0) is 38.3 Å². The third-order valence-corrected chi connectivity index (χ3v) is 5.59. The zero-order chi connectivity index (χ0) is 19.1. The van der Waals surface area contributed by atoms with Gasteiger partial charge < -0.3 is 5.32 Å². The molecule has 0 unspecified atom stereocenters. The fourth-order valence-corrected chi connectivity index (χ4v) is 3.95. The number of aromatic nitrogens is 4. The van der Waals surface area contributed by atoms with Crippen LogP contribution in [0.15, 0.2) is 23.1 Å². The van der Waals surface area contributed by atoms with E-state index in [0.29, 0.717) is 13.0 Å². The second-order valence-electron chi connectivity index (χ2n) is 7.40. The Morgan fingerprint density at radius 3 is 2.63 bits per heavy atom. The molecule has 0 saturated heterocycles. The highest BCUT2D eigenvalue weighted by Gasteiger charge is 2.16. The Kier molecular flexibility index (Phi) is 4.37. The number of fused-ring (bicyclic) bond motifs is 2. The molecule has 2 aromatic heterocycles. The third kappa shape index (κ3) is 3.07. The average Bonchev–Trinajstić information content (AvgIpc) is 3.16. The van der Waals surface area contributed by atoms with Crippen LogP contribution in [0.1, 0.15) is 36.1 Å². The lowest BCUT2D eigenvalue weighted by Crippen LogP contribution is -2.19. The average molecular weight is 367 g/mol. The molecule has 142 valence electrons. The van der Waals surface area contributed by atoms with E-state index in [1.54, 1.807) is 23.2 Å². The first-order valence-corrected chi connectivity index (χ1v) is 9.45.